The highest BCUT2D eigenvalue weighted by molar-refractivity contribution is 7.15. The molecule has 0 atom stereocenters. The topological polar surface area (TPSA) is 81.9 Å². The molecule has 0 aliphatic heterocycles. The van der Waals surface area contributed by atoms with Crippen LogP contribution in [0.15, 0.2) is 24.3 Å². The molecule has 3 rings (SSSR count). The molecule has 6 nitrogen and oxygen atoms in total. The highest BCUT2D eigenvalue weighted by Crippen LogP contribution is 2.35. The molecule has 1 aliphatic rings. The van der Waals surface area contributed by atoms with E-state index in [0.717, 1.165) is 10.6 Å². The van der Waals surface area contributed by atoms with E-state index in [1.54, 1.807) is 17.0 Å². The minimum atomic E-state index is -0.180. The van der Waals surface area contributed by atoms with Crippen molar-refractivity contribution in [3.05, 3.63) is 40.4 Å². The van der Waals surface area contributed by atoms with E-state index in [1.807, 2.05) is 26.0 Å². The summed E-state index contributed by atoms with van der Waals surface area (Å²) in [7, 11) is 0. The second kappa shape index (κ2) is 8.96. The second-order valence-electron chi connectivity index (χ2n) is 7.24. The smallest absolute Gasteiger partial charge is 0.318 e. The Balaban J connectivity index is 1.64. The predicted octanol–water partition coefficient (Wildman–Crippen LogP) is 4.90. The fraction of sp³-hybridized carbons (Fsp3) is 0.500. The minimum Gasteiger partial charge on any atom is -0.318 e. The summed E-state index contributed by atoms with van der Waals surface area (Å²) in [6, 6.07) is 9.27. The molecule has 1 aliphatic carbocycles. The van der Waals surface area contributed by atoms with Crippen molar-refractivity contribution in [1.82, 2.24) is 15.1 Å². The van der Waals surface area contributed by atoms with Crippen molar-refractivity contribution in [2.75, 3.05) is 5.32 Å². The summed E-state index contributed by atoms with van der Waals surface area (Å²) in [5.74, 6) is 0.488. The molecule has 1 N–H and O–H groups in total. The molecular weight excluding hydrogens is 358 g/mol. The van der Waals surface area contributed by atoms with Crippen LogP contribution in [0.2, 0.25) is 0 Å². The fourth-order valence-corrected chi connectivity index (χ4v) is 4.24. The summed E-state index contributed by atoms with van der Waals surface area (Å²) in [6.45, 7) is 4.44. The number of benzene rings is 1. The van der Waals surface area contributed by atoms with Crippen LogP contribution in [-0.4, -0.2) is 27.2 Å². The van der Waals surface area contributed by atoms with Crippen LogP contribution in [0, 0.1) is 11.3 Å². The second-order valence-corrected chi connectivity index (χ2v) is 8.25. The third-order valence-electron chi connectivity index (χ3n) is 4.93. The van der Waals surface area contributed by atoms with Gasteiger partial charge in [-0.2, -0.15) is 5.26 Å². The Bertz CT molecular complexity index is 803. The van der Waals surface area contributed by atoms with Gasteiger partial charge in [-0.05, 0) is 44.4 Å². The molecule has 0 bridgehead atoms. The number of nitrogens with zero attached hydrogens (tertiary/aromatic N) is 4. The van der Waals surface area contributed by atoms with Crippen LogP contribution in [0.4, 0.5) is 9.93 Å². The first-order valence-corrected chi connectivity index (χ1v) is 10.3. The molecule has 2 aromatic rings. The molecule has 1 aromatic carbocycles. The molecule has 27 heavy (non-hydrogen) atoms. The third kappa shape index (κ3) is 5.04. The van der Waals surface area contributed by atoms with Crippen LogP contribution in [-0.2, 0) is 6.54 Å². The van der Waals surface area contributed by atoms with Gasteiger partial charge < -0.3 is 4.90 Å². The van der Waals surface area contributed by atoms with Gasteiger partial charge >= 0.3 is 6.03 Å². The lowest BCUT2D eigenvalue weighted by atomic mass is 9.90. The van der Waals surface area contributed by atoms with E-state index in [4.69, 9.17) is 5.26 Å². The first-order chi connectivity index (χ1) is 13.1. The normalized spacial score (nSPS) is 14.7. The molecule has 0 radical (unpaired) electrons. The molecule has 0 saturated heterocycles. The molecule has 7 heteroatoms. The maximum Gasteiger partial charge on any atom is 0.324 e. The number of amides is 2. The Morgan fingerprint density at radius 3 is 2.59 bits per heavy atom. The van der Waals surface area contributed by atoms with Crippen molar-refractivity contribution in [3.8, 4) is 6.07 Å². The van der Waals surface area contributed by atoms with E-state index >= 15 is 0 Å². The van der Waals surface area contributed by atoms with E-state index in [9.17, 15) is 4.79 Å². The zero-order valence-corrected chi connectivity index (χ0v) is 16.6. The number of urea groups is 1. The van der Waals surface area contributed by atoms with E-state index in [1.165, 1.54) is 43.4 Å². The number of rotatable bonds is 5. The van der Waals surface area contributed by atoms with E-state index in [2.05, 4.69) is 21.6 Å². The SMILES string of the molecule is CC(C)N(Cc1ccc(C#N)cc1)C(=O)Nc1nnc(C2CCCCC2)s1. The molecule has 1 aromatic heterocycles. The van der Waals surface area contributed by atoms with Crippen molar-refractivity contribution >= 4 is 22.5 Å². The summed E-state index contributed by atoms with van der Waals surface area (Å²) in [6.07, 6.45) is 6.13. The van der Waals surface area contributed by atoms with Crippen molar-refractivity contribution in [1.29, 1.82) is 5.26 Å². The first-order valence-electron chi connectivity index (χ1n) is 9.47. The summed E-state index contributed by atoms with van der Waals surface area (Å²) in [5.41, 5.74) is 1.60. The lowest BCUT2D eigenvalue weighted by molar-refractivity contribution is 0.193. The van der Waals surface area contributed by atoms with Gasteiger partial charge in [0.15, 0.2) is 0 Å². The number of carbonyl (C=O) groups is 1. The number of nitrogens with one attached hydrogen (secondary N) is 1. The van der Waals surface area contributed by atoms with Gasteiger partial charge in [0.05, 0.1) is 11.6 Å². The van der Waals surface area contributed by atoms with E-state index < -0.39 is 0 Å². The van der Waals surface area contributed by atoms with E-state index in [0.29, 0.717) is 23.2 Å². The van der Waals surface area contributed by atoms with Gasteiger partial charge in [-0.25, -0.2) is 4.79 Å². The molecule has 1 fully saturated rings. The van der Waals surface area contributed by atoms with Gasteiger partial charge in [-0.1, -0.05) is 42.7 Å². The molecule has 142 valence electrons. The number of hydrogen-bond acceptors (Lipinski definition) is 5. The van der Waals surface area contributed by atoms with Gasteiger partial charge in [0.1, 0.15) is 5.01 Å². The summed E-state index contributed by atoms with van der Waals surface area (Å²) in [5, 5.41) is 21.9. The van der Waals surface area contributed by atoms with Crippen LogP contribution in [0.5, 0.6) is 0 Å². The average molecular weight is 384 g/mol. The van der Waals surface area contributed by atoms with Crippen molar-refractivity contribution in [2.24, 2.45) is 0 Å². The standard InChI is InChI=1S/C20H25N5OS/c1-14(2)25(13-16-10-8-15(12-21)9-11-16)20(26)22-19-24-23-18(27-19)17-6-4-3-5-7-17/h8-11,14,17H,3-7,13H2,1-2H3,(H,22,24,26). The Morgan fingerprint density at radius 2 is 1.96 bits per heavy atom. The Morgan fingerprint density at radius 1 is 1.26 bits per heavy atom. The maximum absolute atomic E-state index is 12.8. The molecule has 2 amide bonds. The van der Waals surface area contributed by atoms with Crippen LogP contribution in [0.25, 0.3) is 0 Å². The number of aromatic nitrogens is 2. The van der Waals surface area contributed by atoms with Gasteiger partial charge in [0.25, 0.3) is 0 Å². The lowest BCUT2D eigenvalue weighted by Gasteiger charge is -2.26. The van der Waals surface area contributed by atoms with Crippen molar-refractivity contribution in [3.63, 3.8) is 0 Å². The summed E-state index contributed by atoms with van der Waals surface area (Å²) < 4.78 is 0. The average Bonchev–Trinajstić information content (AvgIpc) is 3.15. The molecule has 0 unspecified atom stereocenters. The molecule has 0 spiro atoms. The summed E-state index contributed by atoms with van der Waals surface area (Å²) >= 11 is 1.49. The van der Waals surface area contributed by atoms with Crippen LogP contribution < -0.4 is 5.32 Å². The third-order valence-corrected chi connectivity index (χ3v) is 5.93. The van der Waals surface area contributed by atoms with Crippen LogP contribution in [0.1, 0.15) is 68.0 Å². The maximum atomic E-state index is 12.8. The largest absolute Gasteiger partial charge is 0.324 e. The van der Waals surface area contributed by atoms with Gasteiger partial charge in [0, 0.05) is 18.5 Å². The van der Waals surface area contributed by atoms with Crippen molar-refractivity contribution < 1.29 is 4.79 Å². The quantitative estimate of drug-likeness (QED) is 0.796. The predicted molar refractivity (Wildman–Crippen MR) is 107 cm³/mol. The van der Waals surface area contributed by atoms with Crippen LogP contribution in [0.3, 0.4) is 0 Å². The lowest BCUT2D eigenvalue weighted by Crippen LogP contribution is -2.39. The van der Waals surface area contributed by atoms with E-state index in [-0.39, 0.29) is 12.1 Å². The molecule has 1 saturated carbocycles. The van der Waals surface area contributed by atoms with Gasteiger partial charge in [-0.3, -0.25) is 5.32 Å². The molecular formula is C20H25N5OS. The van der Waals surface area contributed by atoms with Gasteiger partial charge in [0.2, 0.25) is 5.13 Å². The number of hydrogen-bond donors (Lipinski definition) is 1. The zero-order chi connectivity index (χ0) is 19.2. The van der Waals surface area contributed by atoms with Crippen LogP contribution >= 0.6 is 11.3 Å². The highest BCUT2D eigenvalue weighted by Gasteiger charge is 2.22. The fourth-order valence-electron chi connectivity index (χ4n) is 3.33. The zero-order valence-electron chi connectivity index (χ0n) is 15.8. The Hall–Kier alpha value is -2.46. The van der Waals surface area contributed by atoms with Gasteiger partial charge in [-0.15, -0.1) is 10.2 Å². The Labute approximate surface area is 164 Å². The highest BCUT2D eigenvalue weighted by atomic mass is 32.1. The number of nitriles is 1. The first kappa shape index (κ1) is 19.3. The monoisotopic (exact) mass is 383 g/mol. The summed E-state index contributed by atoms with van der Waals surface area (Å²) in [4.78, 5) is 14.5. The minimum absolute atomic E-state index is 0.0337. The molecule has 1 heterocycles. The van der Waals surface area contributed by atoms with Crippen molar-refractivity contribution in [2.45, 2.75) is 64.5 Å². The number of anilines is 1. The Kier molecular flexibility index (Phi) is 6.40. The number of carbonyl (C=O) groups excluding carboxylic acids is 1.